The van der Waals surface area contributed by atoms with Crippen molar-refractivity contribution in [3.63, 3.8) is 0 Å². The first-order chi connectivity index (χ1) is 25.7. The maximum atomic E-state index is 2.56. The van der Waals surface area contributed by atoms with Crippen LogP contribution in [0, 0.1) is 13.8 Å². The fourth-order valence-corrected chi connectivity index (χ4v) is 9.36. The van der Waals surface area contributed by atoms with E-state index >= 15 is 0 Å². The van der Waals surface area contributed by atoms with Gasteiger partial charge in [-0.3, -0.25) is 0 Å². The molecule has 53 heavy (non-hydrogen) atoms. The number of para-hydroxylation sites is 3. The first kappa shape index (κ1) is 33.1. The number of benzene rings is 7. The van der Waals surface area contributed by atoms with Crippen molar-refractivity contribution in [1.82, 2.24) is 0 Å². The van der Waals surface area contributed by atoms with Crippen LogP contribution < -0.4 is 26.2 Å². The summed E-state index contributed by atoms with van der Waals surface area (Å²) in [7, 11) is 0. The van der Waals surface area contributed by atoms with Gasteiger partial charge in [0.15, 0.2) is 0 Å². The molecule has 0 atom stereocenters. The molecule has 7 aromatic carbocycles. The molecule has 3 heteroatoms. The van der Waals surface area contributed by atoms with Gasteiger partial charge in [0.25, 0.3) is 0 Å². The maximum Gasteiger partial charge on any atom is 0.247 e. The van der Waals surface area contributed by atoms with Crippen molar-refractivity contribution in [2.45, 2.75) is 52.4 Å². The molecule has 0 bridgehead atoms. The monoisotopic (exact) mass is 684 g/mol. The van der Waals surface area contributed by atoms with Crippen molar-refractivity contribution in [3.05, 3.63) is 197 Å². The molecule has 2 nitrogen and oxygen atoms in total. The van der Waals surface area contributed by atoms with Crippen LogP contribution in [0.15, 0.2) is 164 Å². The Labute approximate surface area is 315 Å². The second-order valence-corrected chi connectivity index (χ2v) is 15.9. The molecule has 0 aromatic heterocycles. The zero-order valence-corrected chi connectivity index (χ0v) is 31.6. The Morgan fingerprint density at radius 3 is 1.43 bits per heavy atom. The summed E-state index contributed by atoms with van der Waals surface area (Å²) in [6.45, 7) is 14.3. The molecular weight excluding hydrogens is 639 g/mol. The SMILES string of the molecule is Cc1cccc2c1B(c1ccc3c(c1)C(C)(C)c1ccc(N(c4ccccc4)c4ccccc4)cc1C3(C)C)c1c(C)cccc1N2c1ccccc1. The number of hydrogen-bond acceptors (Lipinski definition) is 2. The molecule has 258 valence electrons. The summed E-state index contributed by atoms with van der Waals surface area (Å²) in [6, 6.07) is 60.5. The van der Waals surface area contributed by atoms with Crippen LogP contribution in [0.1, 0.15) is 61.1 Å². The molecule has 0 unspecified atom stereocenters. The molecule has 0 N–H and O–H groups in total. The van der Waals surface area contributed by atoms with Gasteiger partial charge < -0.3 is 9.80 Å². The molecule has 0 fully saturated rings. The molecule has 7 aromatic rings. The molecule has 0 saturated heterocycles. The lowest BCUT2D eigenvalue weighted by Crippen LogP contribution is -2.59. The fourth-order valence-electron chi connectivity index (χ4n) is 9.36. The van der Waals surface area contributed by atoms with Crippen LogP contribution in [-0.2, 0) is 10.8 Å². The van der Waals surface area contributed by atoms with Crippen molar-refractivity contribution in [3.8, 4) is 0 Å². The zero-order chi connectivity index (χ0) is 36.5. The van der Waals surface area contributed by atoms with Gasteiger partial charge in [0.1, 0.15) is 0 Å². The molecule has 1 aliphatic carbocycles. The predicted octanol–water partition coefficient (Wildman–Crippen LogP) is 11.0. The summed E-state index contributed by atoms with van der Waals surface area (Å²) in [5.74, 6) is 0. The largest absolute Gasteiger partial charge is 0.312 e. The van der Waals surface area contributed by atoms with E-state index in [1.807, 2.05) is 0 Å². The summed E-state index contributed by atoms with van der Waals surface area (Å²) >= 11 is 0. The highest BCUT2D eigenvalue weighted by Crippen LogP contribution is 2.51. The number of anilines is 6. The Hall–Kier alpha value is -5.80. The van der Waals surface area contributed by atoms with Crippen LogP contribution in [0.2, 0.25) is 0 Å². The van der Waals surface area contributed by atoms with Gasteiger partial charge in [-0.1, -0.05) is 147 Å². The Kier molecular flexibility index (Phi) is 7.75. The van der Waals surface area contributed by atoms with E-state index in [0.29, 0.717) is 0 Å². The number of aryl methyl sites for hydroxylation is 2. The first-order valence-corrected chi connectivity index (χ1v) is 18.9. The highest BCUT2D eigenvalue weighted by Gasteiger charge is 2.44. The van der Waals surface area contributed by atoms with Gasteiger partial charge in [0.05, 0.1) is 0 Å². The number of hydrogen-bond donors (Lipinski definition) is 0. The van der Waals surface area contributed by atoms with Crippen molar-refractivity contribution >= 4 is 57.2 Å². The van der Waals surface area contributed by atoms with Gasteiger partial charge in [-0.05, 0) is 108 Å². The minimum atomic E-state index is -0.202. The lowest BCUT2D eigenvalue weighted by Gasteiger charge is -2.45. The average Bonchev–Trinajstić information content (AvgIpc) is 3.18. The van der Waals surface area contributed by atoms with Crippen molar-refractivity contribution in [1.29, 1.82) is 0 Å². The minimum Gasteiger partial charge on any atom is -0.312 e. The van der Waals surface area contributed by atoms with Crippen LogP contribution in [0.4, 0.5) is 34.1 Å². The fraction of sp³-hybridized carbons (Fsp3) is 0.160. The van der Waals surface area contributed by atoms with Gasteiger partial charge in [-0.15, -0.1) is 0 Å². The van der Waals surface area contributed by atoms with Gasteiger partial charge >= 0.3 is 0 Å². The second kappa shape index (κ2) is 12.4. The van der Waals surface area contributed by atoms with Gasteiger partial charge in [-0.25, -0.2) is 0 Å². The van der Waals surface area contributed by atoms with Gasteiger partial charge in [0, 0.05) is 45.0 Å². The molecule has 0 amide bonds. The Morgan fingerprint density at radius 2 is 0.906 bits per heavy atom. The molecule has 1 heterocycles. The smallest absolute Gasteiger partial charge is 0.247 e. The van der Waals surface area contributed by atoms with Crippen molar-refractivity contribution < 1.29 is 0 Å². The van der Waals surface area contributed by atoms with E-state index in [0.717, 1.165) is 11.4 Å². The molecule has 0 radical (unpaired) electrons. The average molecular weight is 685 g/mol. The summed E-state index contributed by atoms with van der Waals surface area (Å²) in [6.07, 6.45) is 0. The zero-order valence-electron chi connectivity index (χ0n) is 31.6. The number of nitrogens with zero attached hydrogens (tertiary/aromatic N) is 2. The summed E-state index contributed by atoms with van der Waals surface area (Å²) < 4.78 is 0. The Bertz CT molecular complexity index is 2390. The maximum absolute atomic E-state index is 2.56. The lowest BCUT2D eigenvalue weighted by atomic mass is 9.33. The highest BCUT2D eigenvalue weighted by atomic mass is 15.2. The van der Waals surface area contributed by atoms with Gasteiger partial charge in [0.2, 0.25) is 6.71 Å². The van der Waals surface area contributed by atoms with E-state index < -0.39 is 0 Å². The van der Waals surface area contributed by atoms with Gasteiger partial charge in [-0.2, -0.15) is 0 Å². The van der Waals surface area contributed by atoms with E-state index in [4.69, 9.17) is 0 Å². The van der Waals surface area contributed by atoms with Crippen LogP contribution in [-0.4, -0.2) is 6.71 Å². The Balaban J connectivity index is 1.21. The third-order valence-electron chi connectivity index (χ3n) is 12.0. The summed E-state index contributed by atoms with van der Waals surface area (Å²) in [5.41, 5.74) is 19.1. The topological polar surface area (TPSA) is 6.48 Å². The first-order valence-electron chi connectivity index (χ1n) is 18.9. The van der Waals surface area contributed by atoms with E-state index in [9.17, 15) is 0 Å². The predicted molar refractivity (Wildman–Crippen MR) is 227 cm³/mol. The normalized spacial score (nSPS) is 14.8. The minimum absolute atomic E-state index is 0.112. The molecule has 1 aliphatic heterocycles. The van der Waals surface area contributed by atoms with Crippen molar-refractivity contribution in [2.24, 2.45) is 0 Å². The summed E-state index contributed by atoms with van der Waals surface area (Å²) in [5, 5.41) is 0. The lowest BCUT2D eigenvalue weighted by molar-refractivity contribution is 0.521. The quantitative estimate of drug-likeness (QED) is 0.167. The Morgan fingerprint density at radius 1 is 0.434 bits per heavy atom. The highest BCUT2D eigenvalue weighted by molar-refractivity contribution is 6.98. The van der Waals surface area contributed by atoms with E-state index in [2.05, 4.69) is 215 Å². The van der Waals surface area contributed by atoms with Crippen LogP contribution in [0.5, 0.6) is 0 Å². The summed E-state index contributed by atoms with van der Waals surface area (Å²) in [4.78, 5) is 4.85. The number of rotatable bonds is 5. The molecule has 0 spiro atoms. The van der Waals surface area contributed by atoms with Crippen molar-refractivity contribution in [2.75, 3.05) is 9.80 Å². The molecule has 9 rings (SSSR count). The van der Waals surface area contributed by atoms with E-state index in [-0.39, 0.29) is 17.5 Å². The molecule has 0 saturated carbocycles. The molecule has 2 aliphatic rings. The van der Waals surface area contributed by atoms with E-state index in [1.165, 1.54) is 72.5 Å². The second-order valence-electron chi connectivity index (χ2n) is 15.9. The van der Waals surface area contributed by atoms with Crippen LogP contribution in [0.3, 0.4) is 0 Å². The molecular formula is C50H45BN2. The standard InChI is InChI=1S/C50H45BN2/c1-34-18-16-26-45-47(34)51(48-35(2)19-17-27-46(48)53(45)39-24-14-9-15-25-39)36-28-30-41-43(32-36)49(3,4)42-31-29-40(33-44(42)50(41,5)6)52(37-20-10-7-11-21-37)38-22-12-8-13-23-38/h7-33H,1-6H3. The third-order valence-corrected chi connectivity index (χ3v) is 12.0. The third kappa shape index (κ3) is 5.17. The van der Waals surface area contributed by atoms with Crippen LogP contribution >= 0.6 is 0 Å². The number of fused-ring (bicyclic) bond motifs is 4. The van der Waals surface area contributed by atoms with E-state index in [1.54, 1.807) is 0 Å². The van der Waals surface area contributed by atoms with Crippen LogP contribution in [0.25, 0.3) is 0 Å².